The number of thioether (sulfide) groups is 1. The van der Waals surface area contributed by atoms with Gasteiger partial charge in [0.2, 0.25) is 5.91 Å². The van der Waals surface area contributed by atoms with E-state index in [1.165, 1.54) is 11.8 Å². The molecular formula is C20H23N3OS. The molecule has 0 saturated carbocycles. The van der Waals surface area contributed by atoms with Crippen molar-refractivity contribution in [2.45, 2.75) is 51.8 Å². The van der Waals surface area contributed by atoms with Crippen molar-refractivity contribution in [1.82, 2.24) is 4.98 Å². The summed E-state index contributed by atoms with van der Waals surface area (Å²) in [6, 6.07) is 8.15. The van der Waals surface area contributed by atoms with Gasteiger partial charge in [0.25, 0.3) is 0 Å². The van der Waals surface area contributed by atoms with Crippen LogP contribution in [0.4, 0.5) is 5.69 Å². The van der Waals surface area contributed by atoms with Crippen LogP contribution in [0.15, 0.2) is 23.2 Å². The third-order valence-corrected chi connectivity index (χ3v) is 5.55. The third kappa shape index (κ3) is 4.02. The summed E-state index contributed by atoms with van der Waals surface area (Å²) in [6.45, 7) is 11.6. The molecule has 0 bridgehead atoms. The van der Waals surface area contributed by atoms with Crippen LogP contribution >= 0.6 is 11.8 Å². The van der Waals surface area contributed by atoms with E-state index in [2.05, 4.69) is 16.4 Å². The van der Waals surface area contributed by atoms with Crippen LogP contribution in [-0.4, -0.2) is 16.1 Å². The van der Waals surface area contributed by atoms with Crippen molar-refractivity contribution in [3.8, 4) is 6.07 Å². The van der Waals surface area contributed by atoms with Crippen molar-refractivity contribution in [2.75, 3.05) is 5.32 Å². The maximum atomic E-state index is 12.6. The van der Waals surface area contributed by atoms with Crippen LogP contribution in [0.1, 0.15) is 40.4 Å². The molecule has 130 valence electrons. The molecule has 1 aromatic heterocycles. The minimum absolute atomic E-state index is 0.0935. The van der Waals surface area contributed by atoms with Gasteiger partial charge >= 0.3 is 0 Å². The Hall–Kier alpha value is -2.32. The van der Waals surface area contributed by atoms with Crippen molar-refractivity contribution in [2.24, 2.45) is 0 Å². The molecule has 5 heteroatoms. The minimum Gasteiger partial charge on any atom is -0.325 e. The molecule has 25 heavy (non-hydrogen) atoms. The Balaban J connectivity index is 2.24. The number of nitrogens with zero attached hydrogens (tertiary/aromatic N) is 2. The number of anilines is 1. The predicted octanol–water partition coefficient (Wildman–Crippen LogP) is 4.61. The molecule has 0 spiro atoms. The SMILES string of the molecule is Cc1cccc(C)c1NC(=O)C(C)Sc1nc(C)c(C)c(C)c1C#N. The van der Waals surface area contributed by atoms with Crippen LogP contribution in [0.2, 0.25) is 0 Å². The fourth-order valence-corrected chi connectivity index (χ4v) is 3.59. The number of aryl methyl sites for hydroxylation is 3. The molecule has 1 N–H and O–H groups in total. The van der Waals surface area contributed by atoms with Gasteiger partial charge in [0.15, 0.2) is 0 Å². The number of pyridine rings is 1. The fraction of sp³-hybridized carbons (Fsp3) is 0.350. The highest BCUT2D eigenvalue weighted by Crippen LogP contribution is 2.30. The average Bonchev–Trinajstić information content (AvgIpc) is 2.56. The molecule has 0 aliphatic heterocycles. The highest BCUT2D eigenvalue weighted by Gasteiger charge is 2.21. The van der Waals surface area contributed by atoms with Crippen LogP contribution in [0.25, 0.3) is 0 Å². The summed E-state index contributed by atoms with van der Waals surface area (Å²) in [7, 11) is 0. The van der Waals surface area contributed by atoms with Crippen LogP contribution in [0.5, 0.6) is 0 Å². The lowest BCUT2D eigenvalue weighted by Crippen LogP contribution is -2.23. The van der Waals surface area contributed by atoms with Gasteiger partial charge < -0.3 is 5.32 Å². The van der Waals surface area contributed by atoms with Crippen molar-refractivity contribution in [3.05, 3.63) is 51.7 Å². The van der Waals surface area contributed by atoms with Crippen molar-refractivity contribution in [3.63, 3.8) is 0 Å². The van der Waals surface area contributed by atoms with Gasteiger partial charge in [-0.2, -0.15) is 5.26 Å². The zero-order valence-corrected chi connectivity index (χ0v) is 16.3. The molecule has 4 nitrogen and oxygen atoms in total. The number of nitrogens with one attached hydrogen (secondary N) is 1. The Morgan fingerprint density at radius 1 is 1.16 bits per heavy atom. The van der Waals surface area contributed by atoms with E-state index < -0.39 is 0 Å². The minimum atomic E-state index is -0.361. The van der Waals surface area contributed by atoms with E-state index in [1.807, 2.05) is 59.7 Å². The lowest BCUT2D eigenvalue weighted by molar-refractivity contribution is -0.115. The van der Waals surface area contributed by atoms with Crippen molar-refractivity contribution >= 4 is 23.4 Å². The largest absolute Gasteiger partial charge is 0.325 e. The van der Waals surface area contributed by atoms with Gasteiger partial charge in [0, 0.05) is 11.4 Å². The van der Waals surface area contributed by atoms with E-state index in [-0.39, 0.29) is 11.2 Å². The number of para-hydroxylation sites is 1. The first kappa shape index (κ1) is 19.0. The van der Waals surface area contributed by atoms with Gasteiger partial charge in [-0.3, -0.25) is 4.79 Å². The zero-order valence-electron chi connectivity index (χ0n) is 15.5. The molecule has 0 fully saturated rings. The van der Waals surface area contributed by atoms with Gasteiger partial charge in [0.1, 0.15) is 11.1 Å². The molecule has 1 heterocycles. The Morgan fingerprint density at radius 2 is 1.76 bits per heavy atom. The second-order valence-corrected chi connectivity index (χ2v) is 7.58. The molecule has 0 radical (unpaired) electrons. The molecule has 2 rings (SSSR count). The molecule has 0 saturated heterocycles. The first-order chi connectivity index (χ1) is 11.8. The summed E-state index contributed by atoms with van der Waals surface area (Å²) < 4.78 is 0. The van der Waals surface area contributed by atoms with Crippen LogP contribution in [0, 0.1) is 45.9 Å². The Bertz CT molecular complexity index is 848. The number of rotatable bonds is 4. The maximum absolute atomic E-state index is 12.6. The van der Waals surface area contributed by atoms with Gasteiger partial charge in [-0.15, -0.1) is 0 Å². The lowest BCUT2D eigenvalue weighted by atomic mass is 10.1. The number of carbonyl (C=O) groups is 1. The smallest absolute Gasteiger partial charge is 0.237 e. The highest BCUT2D eigenvalue weighted by atomic mass is 32.2. The van der Waals surface area contributed by atoms with E-state index in [0.717, 1.165) is 33.6 Å². The van der Waals surface area contributed by atoms with Gasteiger partial charge in [0.05, 0.1) is 10.8 Å². The Morgan fingerprint density at radius 3 is 2.32 bits per heavy atom. The normalized spacial score (nSPS) is 11.7. The summed E-state index contributed by atoms with van der Waals surface area (Å²) in [5.41, 5.74) is 6.31. The standard InChI is InChI=1S/C20H23N3OS/c1-11-8-7-9-12(2)18(11)23-19(24)16(6)25-20-17(10-21)14(4)13(3)15(5)22-20/h7-9,16H,1-6H3,(H,23,24). The first-order valence-corrected chi connectivity index (χ1v) is 9.05. The molecular weight excluding hydrogens is 330 g/mol. The van der Waals surface area contributed by atoms with E-state index >= 15 is 0 Å². The second kappa shape index (κ2) is 7.71. The number of hydrogen-bond donors (Lipinski definition) is 1. The highest BCUT2D eigenvalue weighted by molar-refractivity contribution is 8.00. The molecule has 1 unspecified atom stereocenters. The molecule has 1 aromatic carbocycles. The number of carbonyl (C=O) groups excluding carboxylic acids is 1. The lowest BCUT2D eigenvalue weighted by Gasteiger charge is -2.17. The monoisotopic (exact) mass is 353 g/mol. The van der Waals surface area contributed by atoms with Crippen LogP contribution < -0.4 is 5.32 Å². The number of hydrogen-bond acceptors (Lipinski definition) is 4. The van der Waals surface area contributed by atoms with Crippen LogP contribution in [0.3, 0.4) is 0 Å². The number of aromatic nitrogens is 1. The Labute approximate surface area is 153 Å². The van der Waals surface area contributed by atoms with E-state index in [4.69, 9.17) is 0 Å². The third-order valence-electron chi connectivity index (χ3n) is 4.46. The van der Waals surface area contributed by atoms with E-state index in [9.17, 15) is 10.1 Å². The van der Waals surface area contributed by atoms with Gasteiger partial charge in [-0.1, -0.05) is 30.0 Å². The summed E-state index contributed by atoms with van der Waals surface area (Å²) in [6.07, 6.45) is 0. The summed E-state index contributed by atoms with van der Waals surface area (Å²) in [5.74, 6) is -0.0935. The predicted molar refractivity (Wildman–Crippen MR) is 103 cm³/mol. The van der Waals surface area contributed by atoms with Gasteiger partial charge in [-0.05, 0) is 63.8 Å². The van der Waals surface area contributed by atoms with Crippen LogP contribution in [-0.2, 0) is 4.79 Å². The number of amides is 1. The summed E-state index contributed by atoms with van der Waals surface area (Å²) in [4.78, 5) is 17.1. The fourth-order valence-electron chi connectivity index (χ4n) is 2.59. The molecule has 1 amide bonds. The van der Waals surface area contributed by atoms with E-state index in [0.29, 0.717) is 10.6 Å². The van der Waals surface area contributed by atoms with Crippen molar-refractivity contribution in [1.29, 1.82) is 5.26 Å². The molecule has 1 atom stereocenters. The van der Waals surface area contributed by atoms with Gasteiger partial charge in [-0.25, -0.2) is 4.98 Å². The average molecular weight is 353 g/mol. The second-order valence-electron chi connectivity index (χ2n) is 6.26. The molecule has 2 aromatic rings. The zero-order chi connectivity index (χ0) is 18.7. The molecule has 0 aliphatic carbocycles. The summed E-state index contributed by atoms with van der Waals surface area (Å²) in [5, 5.41) is 12.7. The number of nitriles is 1. The van der Waals surface area contributed by atoms with Crippen molar-refractivity contribution < 1.29 is 4.79 Å². The summed E-state index contributed by atoms with van der Waals surface area (Å²) >= 11 is 1.33. The maximum Gasteiger partial charge on any atom is 0.237 e. The first-order valence-electron chi connectivity index (χ1n) is 8.17. The number of benzene rings is 1. The van der Waals surface area contributed by atoms with E-state index in [1.54, 1.807) is 0 Å². The Kier molecular flexibility index (Phi) is 5.86. The molecule has 0 aliphatic rings. The quantitative estimate of drug-likeness (QED) is 0.815. The topological polar surface area (TPSA) is 65.8 Å².